The second-order valence-electron chi connectivity index (χ2n) is 4.77. The normalized spacial score (nSPS) is 12.1. The van der Waals surface area contributed by atoms with E-state index in [1.54, 1.807) is 29.0 Å². The molecule has 5 heteroatoms. The molecule has 1 heterocycles. The predicted molar refractivity (Wildman–Crippen MR) is 80.1 cm³/mol. The van der Waals surface area contributed by atoms with Crippen molar-refractivity contribution < 1.29 is 9.13 Å². The Morgan fingerprint density at radius 3 is 2.86 bits per heavy atom. The Balaban J connectivity index is 2.06. The molecule has 4 nitrogen and oxygen atoms in total. The van der Waals surface area contributed by atoms with Crippen molar-refractivity contribution in [3.8, 4) is 5.75 Å². The lowest BCUT2D eigenvalue weighted by molar-refractivity contribution is 0.291. The van der Waals surface area contributed by atoms with E-state index >= 15 is 0 Å². The second kappa shape index (κ2) is 7.04. The van der Waals surface area contributed by atoms with Gasteiger partial charge in [0, 0.05) is 23.9 Å². The standard InChI is InChI=1S/C16H19FN2O2/c1-12(18-2)14-11-13(17)6-7-15(14)21-10-9-19-8-4-3-5-16(19)20/h3-8,11-12,18H,9-10H2,1-2H3. The molecule has 0 aliphatic carbocycles. The summed E-state index contributed by atoms with van der Waals surface area (Å²) in [6.45, 7) is 2.73. The number of nitrogens with zero attached hydrogens (tertiary/aromatic N) is 1. The summed E-state index contributed by atoms with van der Waals surface area (Å²) in [4.78, 5) is 11.6. The third-order valence-corrected chi connectivity index (χ3v) is 3.36. The fourth-order valence-electron chi connectivity index (χ4n) is 2.04. The van der Waals surface area contributed by atoms with E-state index in [1.807, 2.05) is 14.0 Å². The third kappa shape index (κ3) is 3.92. The van der Waals surface area contributed by atoms with E-state index in [-0.39, 0.29) is 17.4 Å². The quantitative estimate of drug-likeness (QED) is 0.888. The smallest absolute Gasteiger partial charge is 0.250 e. The lowest BCUT2D eigenvalue weighted by Crippen LogP contribution is -2.21. The minimum Gasteiger partial charge on any atom is -0.491 e. The Hall–Kier alpha value is -2.14. The van der Waals surface area contributed by atoms with Crippen LogP contribution < -0.4 is 15.6 Å². The number of pyridine rings is 1. The van der Waals surface area contributed by atoms with Crippen LogP contribution in [0.15, 0.2) is 47.4 Å². The minimum absolute atomic E-state index is 0.0184. The van der Waals surface area contributed by atoms with Crippen LogP contribution in [0.2, 0.25) is 0 Å². The van der Waals surface area contributed by atoms with Crippen molar-refractivity contribution in [2.45, 2.75) is 19.5 Å². The number of rotatable bonds is 6. The SMILES string of the molecule is CNC(C)c1cc(F)ccc1OCCn1ccccc1=O. The first-order valence-electron chi connectivity index (χ1n) is 6.87. The van der Waals surface area contributed by atoms with Crippen LogP contribution in [0, 0.1) is 5.82 Å². The molecule has 0 fully saturated rings. The third-order valence-electron chi connectivity index (χ3n) is 3.36. The van der Waals surface area contributed by atoms with Gasteiger partial charge in [-0.05, 0) is 38.2 Å². The van der Waals surface area contributed by atoms with E-state index in [0.717, 1.165) is 5.56 Å². The van der Waals surface area contributed by atoms with E-state index < -0.39 is 0 Å². The Morgan fingerprint density at radius 1 is 1.33 bits per heavy atom. The van der Waals surface area contributed by atoms with Gasteiger partial charge >= 0.3 is 0 Å². The molecule has 0 radical (unpaired) electrons. The van der Waals surface area contributed by atoms with Crippen molar-refractivity contribution >= 4 is 0 Å². The number of benzene rings is 1. The van der Waals surface area contributed by atoms with Gasteiger partial charge in [0.15, 0.2) is 0 Å². The molecule has 0 aliphatic heterocycles. The average Bonchev–Trinajstić information content (AvgIpc) is 2.49. The molecule has 0 bridgehead atoms. The zero-order valence-corrected chi connectivity index (χ0v) is 12.2. The summed E-state index contributed by atoms with van der Waals surface area (Å²) in [6.07, 6.45) is 1.72. The molecule has 112 valence electrons. The van der Waals surface area contributed by atoms with Crippen LogP contribution in [0.3, 0.4) is 0 Å². The lowest BCUT2D eigenvalue weighted by Gasteiger charge is -2.17. The van der Waals surface area contributed by atoms with Gasteiger partial charge in [-0.25, -0.2) is 4.39 Å². The minimum atomic E-state index is -0.293. The van der Waals surface area contributed by atoms with Gasteiger partial charge in [-0.1, -0.05) is 6.07 Å². The number of nitrogens with one attached hydrogen (secondary N) is 1. The fraction of sp³-hybridized carbons (Fsp3) is 0.312. The highest BCUT2D eigenvalue weighted by molar-refractivity contribution is 5.36. The first-order valence-corrected chi connectivity index (χ1v) is 6.87. The first-order chi connectivity index (χ1) is 10.1. The Labute approximate surface area is 123 Å². The van der Waals surface area contributed by atoms with Crippen molar-refractivity contribution in [1.82, 2.24) is 9.88 Å². The molecule has 0 saturated heterocycles. The fourth-order valence-corrected chi connectivity index (χ4v) is 2.04. The number of aromatic nitrogens is 1. The molecule has 2 aromatic rings. The van der Waals surface area contributed by atoms with Crippen LogP contribution in [0.25, 0.3) is 0 Å². The van der Waals surface area contributed by atoms with Gasteiger partial charge in [-0.15, -0.1) is 0 Å². The first kappa shape index (κ1) is 15.3. The van der Waals surface area contributed by atoms with Crippen molar-refractivity contribution in [2.75, 3.05) is 13.7 Å². The molecular weight excluding hydrogens is 271 g/mol. The summed E-state index contributed by atoms with van der Waals surface area (Å²) in [5.74, 6) is 0.334. The predicted octanol–water partition coefficient (Wildman–Crippen LogP) is 2.35. The highest BCUT2D eigenvalue weighted by Crippen LogP contribution is 2.25. The molecule has 0 amide bonds. The summed E-state index contributed by atoms with van der Waals surface area (Å²) >= 11 is 0. The zero-order valence-electron chi connectivity index (χ0n) is 12.2. The molecule has 1 atom stereocenters. The molecule has 21 heavy (non-hydrogen) atoms. The van der Waals surface area contributed by atoms with E-state index in [1.165, 1.54) is 18.2 Å². The Kier molecular flexibility index (Phi) is 5.11. The molecule has 1 aromatic heterocycles. The van der Waals surface area contributed by atoms with Gasteiger partial charge in [0.1, 0.15) is 18.2 Å². The topological polar surface area (TPSA) is 43.3 Å². The van der Waals surface area contributed by atoms with Crippen molar-refractivity contribution in [2.24, 2.45) is 0 Å². The van der Waals surface area contributed by atoms with Crippen LogP contribution in [0.4, 0.5) is 4.39 Å². The molecular formula is C16H19FN2O2. The van der Waals surface area contributed by atoms with Crippen molar-refractivity contribution in [3.05, 3.63) is 64.3 Å². The van der Waals surface area contributed by atoms with Crippen LogP contribution in [-0.4, -0.2) is 18.2 Å². The van der Waals surface area contributed by atoms with Gasteiger partial charge in [0.05, 0.1) is 6.54 Å². The number of ether oxygens (including phenoxy) is 1. The average molecular weight is 290 g/mol. The molecule has 0 saturated carbocycles. The highest BCUT2D eigenvalue weighted by atomic mass is 19.1. The molecule has 1 N–H and O–H groups in total. The lowest BCUT2D eigenvalue weighted by atomic mass is 10.1. The van der Waals surface area contributed by atoms with Crippen molar-refractivity contribution in [1.29, 1.82) is 0 Å². The summed E-state index contributed by atoms with van der Waals surface area (Å²) in [5, 5.41) is 3.06. The largest absolute Gasteiger partial charge is 0.491 e. The second-order valence-corrected chi connectivity index (χ2v) is 4.77. The Bertz CT molecular complexity index is 655. The van der Waals surface area contributed by atoms with E-state index in [4.69, 9.17) is 4.74 Å². The maximum absolute atomic E-state index is 13.4. The van der Waals surface area contributed by atoms with Crippen LogP contribution in [-0.2, 0) is 6.54 Å². The van der Waals surface area contributed by atoms with E-state index in [9.17, 15) is 9.18 Å². The van der Waals surface area contributed by atoms with Crippen LogP contribution >= 0.6 is 0 Å². The van der Waals surface area contributed by atoms with Gasteiger partial charge in [0.25, 0.3) is 5.56 Å². The molecule has 0 spiro atoms. The van der Waals surface area contributed by atoms with Gasteiger partial charge in [-0.3, -0.25) is 4.79 Å². The van der Waals surface area contributed by atoms with Crippen LogP contribution in [0.5, 0.6) is 5.75 Å². The monoisotopic (exact) mass is 290 g/mol. The molecule has 1 unspecified atom stereocenters. The van der Waals surface area contributed by atoms with Crippen molar-refractivity contribution in [3.63, 3.8) is 0 Å². The number of hydrogen-bond donors (Lipinski definition) is 1. The van der Waals surface area contributed by atoms with Gasteiger partial charge in [-0.2, -0.15) is 0 Å². The zero-order chi connectivity index (χ0) is 15.2. The van der Waals surface area contributed by atoms with Gasteiger partial charge in [0.2, 0.25) is 0 Å². The maximum Gasteiger partial charge on any atom is 0.250 e. The van der Waals surface area contributed by atoms with Gasteiger partial charge < -0.3 is 14.6 Å². The van der Waals surface area contributed by atoms with E-state index in [0.29, 0.717) is 18.9 Å². The molecule has 0 aliphatic rings. The summed E-state index contributed by atoms with van der Waals surface area (Å²) in [6, 6.07) is 9.44. The molecule has 1 aromatic carbocycles. The molecule has 2 rings (SSSR count). The summed E-state index contributed by atoms with van der Waals surface area (Å²) < 4.78 is 20.6. The maximum atomic E-state index is 13.4. The number of halogens is 1. The van der Waals surface area contributed by atoms with E-state index in [2.05, 4.69) is 5.32 Å². The highest BCUT2D eigenvalue weighted by Gasteiger charge is 2.11. The number of hydrogen-bond acceptors (Lipinski definition) is 3. The Morgan fingerprint density at radius 2 is 2.14 bits per heavy atom. The summed E-state index contributed by atoms with van der Waals surface area (Å²) in [7, 11) is 1.81. The summed E-state index contributed by atoms with van der Waals surface area (Å²) in [5.41, 5.74) is 0.696. The van der Waals surface area contributed by atoms with Crippen LogP contribution in [0.1, 0.15) is 18.5 Å².